The van der Waals surface area contributed by atoms with Crippen LogP contribution >= 0.6 is 0 Å². The van der Waals surface area contributed by atoms with Gasteiger partial charge in [0.1, 0.15) is 12.4 Å². The van der Waals surface area contributed by atoms with Crippen molar-refractivity contribution in [2.75, 3.05) is 6.61 Å². The molecule has 22 heavy (non-hydrogen) atoms. The average molecular weight is 284 g/mol. The Morgan fingerprint density at radius 3 is 2.59 bits per heavy atom. The standard InChI is InChI=1S/C21H16O/c1-2-7-15-14(6-1)11-12-17-19-10-5-13-22-21(19)18-9-4-3-8-16(18)20(15)17/h1-10H,11-13H2. The van der Waals surface area contributed by atoms with E-state index in [1.165, 1.54) is 38.6 Å². The SMILES string of the molecule is C1=Cc2c3c(c4ccccc4c2OC1)-c1ccccc1CC3. The van der Waals surface area contributed by atoms with Gasteiger partial charge in [-0.25, -0.2) is 0 Å². The van der Waals surface area contributed by atoms with Crippen molar-refractivity contribution >= 4 is 16.8 Å². The number of aryl methyl sites for hydroxylation is 1. The molecule has 0 atom stereocenters. The number of rotatable bonds is 0. The maximum atomic E-state index is 6.00. The molecule has 1 heteroatoms. The summed E-state index contributed by atoms with van der Waals surface area (Å²) in [4.78, 5) is 0. The molecule has 2 aliphatic rings. The normalized spacial score (nSPS) is 14.9. The van der Waals surface area contributed by atoms with E-state index in [0.717, 1.165) is 18.6 Å². The minimum Gasteiger partial charge on any atom is -0.488 e. The van der Waals surface area contributed by atoms with Crippen LogP contribution in [0.2, 0.25) is 0 Å². The van der Waals surface area contributed by atoms with E-state index >= 15 is 0 Å². The van der Waals surface area contributed by atoms with Gasteiger partial charge in [0.2, 0.25) is 0 Å². The highest BCUT2D eigenvalue weighted by molar-refractivity contribution is 6.05. The molecule has 0 amide bonds. The first kappa shape index (κ1) is 12.0. The summed E-state index contributed by atoms with van der Waals surface area (Å²) in [6, 6.07) is 17.5. The molecule has 0 radical (unpaired) electrons. The molecule has 0 N–H and O–H groups in total. The van der Waals surface area contributed by atoms with Gasteiger partial charge in [-0.1, -0.05) is 54.6 Å². The van der Waals surface area contributed by atoms with Gasteiger partial charge in [0.05, 0.1) is 0 Å². The number of fused-ring (bicyclic) bond motifs is 8. The van der Waals surface area contributed by atoms with Crippen molar-refractivity contribution in [2.24, 2.45) is 0 Å². The monoisotopic (exact) mass is 284 g/mol. The maximum absolute atomic E-state index is 6.00. The first-order valence-corrected chi connectivity index (χ1v) is 7.88. The first-order valence-electron chi connectivity index (χ1n) is 7.88. The van der Waals surface area contributed by atoms with Crippen molar-refractivity contribution in [3.8, 4) is 16.9 Å². The van der Waals surface area contributed by atoms with Crippen molar-refractivity contribution in [3.63, 3.8) is 0 Å². The van der Waals surface area contributed by atoms with Gasteiger partial charge in [0.15, 0.2) is 0 Å². The minimum absolute atomic E-state index is 0.673. The van der Waals surface area contributed by atoms with E-state index in [0.29, 0.717) is 6.61 Å². The van der Waals surface area contributed by atoms with E-state index in [4.69, 9.17) is 4.74 Å². The molecule has 0 spiro atoms. The molecule has 1 aliphatic heterocycles. The van der Waals surface area contributed by atoms with E-state index in [-0.39, 0.29) is 0 Å². The fourth-order valence-electron chi connectivity index (χ4n) is 3.92. The topological polar surface area (TPSA) is 9.23 Å². The molecule has 3 aromatic carbocycles. The van der Waals surface area contributed by atoms with Gasteiger partial charge in [-0.15, -0.1) is 0 Å². The highest BCUT2D eigenvalue weighted by Gasteiger charge is 2.25. The fraction of sp³-hybridized carbons (Fsp3) is 0.143. The Kier molecular flexibility index (Phi) is 2.45. The molecule has 1 heterocycles. The molecule has 0 saturated carbocycles. The molecule has 0 aromatic heterocycles. The second-order valence-corrected chi connectivity index (χ2v) is 6.01. The van der Waals surface area contributed by atoms with E-state index < -0.39 is 0 Å². The summed E-state index contributed by atoms with van der Waals surface area (Å²) in [6.07, 6.45) is 6.57. The van der Waals surface area contributed by atoms with E-state index in [9.17, 15) is 0 Å². The quantitative estimate of drug-likeness (QED) is 0.564. The number of hydrogen-bond donors (Lipinski definition) is 0. The molecule has 0 unspecified atom stereocenters. The van der Waals surface area contributed by atoms with Crippen LogP contribution in [0, 0.1) is 0 Å². The molecule has 5 rings (SSSR count). The summed E-state index contributed by atoms with van der Waals surface area (Å²) in [5.41, 5.74) is 6.99. The van der Waals surface area contributed by atoms with Crippen LogP contribution in [-0.2, 0) is 12.8 Å². The zero-order chi connectivity index (χ0) is 14.5. The van der Waals surface area contributed by atoms with Crippen molar-refractivity contribution in [1.29, 1.82) is 0 Å². The zero-order valence-corrected chi connectivity index (χ0v) is 12.3. The first-order chi connectivity index (χ1) is 10.9. The lowest BCUT2D eigenvalue weighted by Crippen LogP contribution is -2.10. The highest BCUT2D eigenvalue weighted by Crippen LogP contribution is 2.46. The van der Waals surface area contributed by atoms with E-state index in [2.05, 4.69) is 60.7 Å². The van der Waals surface area contributed by atoms with Gasteiger partial charge in [-0.2, -0.15) is 0 Å². The van der Waals surface area contributed by atoms with Crippen LogP contribution in [0.4, 0.5) is 0 Å². The summed E-state index contributed by atoms with van der Waals surface area (Å²) in [7, 11) is 0. The van der Waals surface area contributed by atoms with Crippen LogP contribution in [-0.4, -0.2) is 6.61 Å². The molecular formula is C21H16O. The molecule has 0 saturated heterocycles. The second kappa shape index (κ2) is 4.48. The predicted octanol–water partition coefficient (Wildman–Crippen LogP) is 5.01. The van der Waals surface area contributed by atoms with Crippen LogP contribution in [0.15, 0.2) is 54.6 Å². The van der Waals surface area contributed by atoms with Crippen LogP contribution < -0.4 is 4.74 Å². The Hall–Kier alpha value is -2.54. The van der Waals surface area contributed by atoms with Crippen LogP contribution in [0.25, 0.3) is 28.0 Å². The van der Waals surface area contributed by atoms with E-state index in [1.54, 1.807) is 0 Å². The third-order valence-corrected chi connectivity index (χ3v) is 4.85. The van der Waals surface area contributed by atoms with Crippen molar-refractivity contribution in [3.05, 3.63) is 71.3 Å². The van der Waals surface area contributed by atoms with Crippen molar-refractivity contribution in [2.45, 2.75) is 12.8 Å². The Balaban J connectivity index is 1.99. The Morgan fingerprint density at radius 1 is 0.818 bits per heavy atom. The summed E-state index contributed by atoms with van der Waals surface area (Å²) in [5, 5.41) is 2.55. The molecule has 1 aliphatic carbocycles. The summed E-state index contributed by atoms with van der Waals surface area (Å²) in [6.45, 7) is 0.673. The van der Waals surface area contributed by atoms with Gasteiger partial charge in [0, 0.05) is 10.9 Å². The lowest BCUT2D eigenvalue weighted by atomic mass is 9.79. The largest absolute Gasteiger partial charge is 0.488 e. The number of benzene rings is 3. The maximum Gasteiger partial charge on any atom is 0.135 e. The molecule has 0 bridgehead atoms. The number of hydrogen-bond acceptors (Lipinski definition) is 1. The van der Waals surface area contributed by atoms with Crippen molar-refractivity contribution < 1.29 is 4.74 Å². The van der Waals surface area contributed by atoms with Gasteiger partial charge < -0.3 is 4.74 Å². The lowest BCUT2D eigenvalue weighted by molar-refractivity contribution is 0.362. The molecule has 106 valence electrons. The van der Waals surface area contributed by atoms with Gasteiger partial charge in [-0.3, -0.25) is 0 Å². The smallest absolute Gasteiger partial charge is 0.135 e. The summed E-state index contributed by atoms with van der Waals surface area (Å²) < 4.78 is 6.00. The van der Waals surface area contributed by atoms with Crippen LogP contribution in [0.1, 0.15) is 16.7 Å². The Labute approximate surface area is 129 Å². The Bertz CT molecular complexity index is 934. The Morgan fingerprint density at radius 2 is 1.64 bits per heavy atom. The van der Waals surface area contributed by atoms with Gasteiger partial charge >= 0.3 is 0 Å². The second-order valence-electron chi connectivity index (χ2n) is 6.01. The molecule has 3 aromatic rings. The zero-order valence-electron chi connectivity index (χ0n) is 12.3. The molecule has 0 fully saturated rings. The average Bonchev–Trinajstić information content (AvgIpc) is 2.61. The predicted molar refractivity (Wildman–Crippen MR) is 91.3 cm³/mol. The minimum atomic E-state index is 0.673. The van der Waals surface area contributed by atoms with Gasteiger partial charge in [-0.05, 0) is 46.6 Å². The number of ether oxygens (including phenoxy) is 1. The van der Waals surface area contributed by atoms with Gasteiger partial charge in [0.25, 0.3) is 0 Å². The van der Waals surface area contributed by atoms with Crippen molar-refractivity contribution in [1.82, 2.24) is 0 Å². The van der Waals surface area contributed by atoms with Crippen LogP contribution in [0.3, 0.4) is 0 Å². The summed E-state index contributed by atoms with van der Waals surface area (Å²) >= 11 is 0. The lowest BCUT2D eigenvalue weighted by Gasteiger charge is -2.27. The molecule has 1 nitrogen and oxygen atoms in total. The van der Waals surface area contributed by atoms with E-state index in [1.807, 2.05) is 0 Å². The third-order valence-electron chi connectivity index (χ3n) is 4.85. The third kappa shape index (κ3) is 1.54. The molecular weight excluding hydrogens is 268 g/mol. The highest BCUT2D eigenvalue weighted by atomic mass is 16.5. The summed E-state index contributed by atoms with van der Waals surface area (Å²) in [5.74, 6) is 1.07. The van der Waals surface area contributed by atoms with Crippen LogP contribution in [0.5, 0.6) is 5.75 Å². The fourth-order valence-corrected chi connectivity index (χ4v) is 3.92.